The Morgan fingerprint density at radius 2 is 1.65 bits per heavy atom. The van der Waals surface area contributed by atoms with Crippen LogP contribution in [0.1, 0.15) is 118 Å². The van der Waals surface area contributed by atoms with Gasteiger partial charge in [-0.1, -0.05) is 45.4 Å². The third-order valence-corrected chi connectivity index (χ3v) is 13.9. The lowest BCUT2D eigenvalue weighted by Crippen LogP contribution is -2.64. The summed E-state index contributed by atoms with van der Waals surface area (Å²) in [5.41, 5.74) is 1.69. The van der Waals surface area contributed by atoms with E-state index in [1.807, 2.05) is 39.0 Å². The monoisotopic (exact) mass is 872 g/mol. The van der Waals surface area contributed by atoms with Gasteiger partial charge in [-0.3, -0.25) is 14.4 Å². The number of furan rings is 1. The molecule has 0 unspecified atom stereocenters. The van der Waals surface area contributed by atoms with Gasteiger partial charge in [-0.2, -0.15) is 0 Å². The third kappa shape index (κ3) is 11.9. The van der Waals surface area contributed by atoms with Crippen LogP contribution in [0.25, 0.3) is 0 Å². The van der Waals surface area contributed by atoms with Crippen LogP contribution in [0.15, 0.2) is 46.1 Å². The molecule has 3 aliphatic heterocycles. The van der Waals surface area contributed by atoms with E-state index in [0.717, 1.165) is 24.2 Å². The molecule has 1 aromatic rings. The number of ketones is 2. The number of carbonyl (C=O) groups is 4. The maximum Gasteiger partial charge on any atom is 0.329 e. The first kappa shape index (κ1) is 49.8. The molecule has 1 aromatic heterocycles. The van der Waals surface area contributed by atoms with Crippen molar-refractivity contribution in [2.45, 2.75) is 173 Å². The van der Waals surface area contributed by atoms with Crippen LogP contribution >= 0.6 is 0 Å². The lowest BCUT2D eigenvalue weighted by molar-refractivity contribution is -0.302. The molecule has 1 aliphatic carbocycles. The summed E-state index contributed by atoms with van der Waals surface area (Å²) in [6, 6.07) is 2.55. The molecule has 0 aromatic carbocycles. The van der Waals surface area contributed by atoms with Crippen LogP contribution in [0.3, 0.4) is 0 Å². The summed E-state index contributed by atoms with van der Waals surface area (Å²) < 4.78 is 41.9. The van der Waals surface area contributed by atoms with Crippen molar-refractivity contribution >= 4 is 23.4 Å². The fraction of sp³-hybridized carbons (Fsp3) is 0.750. The molecule has 2 N–H and O–H groups in total. The van der Waals surface area contributed by atoms with Crippen molar-refractivity contribution in [1.29, 1.82) is 0 Å². The molecular formula is C48H73NO13. The summed E-state index contributed by atoms with van der Waals surface area (Å²) >= 11 is 0. The second kappa shape index (κ2) is 22.6. The van der Waals surface area contributed by atoms with Crippen molar-refractivity contribution in [3.63, 3.8) is 0 Å². The van der Waals surface area contributed by atoms with E-state index in [2.05, 4.69) is 13.0 Å². The minimum Gasteiger partial charge on any atom is -0.467 e. The predicted molar refractivity (Wildman–Crippen MR) is 229 cm³/mol. The van der Waals surface area contributed by atoms with Crippen LogP contribution in [-0.2, 0) is 54.2 Å². The average molecular weight is 872 g/mol. The van der Waals surface area contributed by atoms with Crippen LogP contribution in [0, 0.1) is 29.6 Å². The molecule has 4 heterocycles. The number of esters is 1. The Kier molecular flexibility index (Phi) is 18.1. The van der Waals surface area contributed by atoms with Crippen LogP contribution < -0.4 is 0 Å². The molecule has 348 valence electrons. The standard InChI is InChI=1S/C48H73NO13/c1-10-34-21-28(2)20-29(3)22-41(57-8)44-42(58-9)24-31(5)48(55,62-44)45(52)46(53)49-18-12-11-15-36(49)47(54)61-43(32(6)37(50)26-38(34)51)30(4)23-33-16-17-39(40(25-33)56-7)60-27-35-14-13-19-59-35/h13-14,19,21,23,29,31-34,36-37,39-44,50,55H,10-12,15-18,20,22,24-27H2,1-9H3/b28-21+,30-23+/t29-,31+,32+,33-,34+,36-,37-,39+,40+,41-,42-,43+,44+,48+/m0/s1. The minimum absolute atomic E-state index is 0.0287. The fourth-order valence-electron chi connectivity index (χ4n) is 10.1. The Bertz CT molecular complexity index is 1710. The lowest BCUT2D eigenvalue weighted by atomic mass is 9.81. The number of nitrogens with zero attached hydrogens (tertiary/aromatic N) is 1. The maximum atomic E-state index is 14.5. The zero-order valence-electron chi connectivity index (χ0n) is 38.4. The summed E-state index contributed by atoms with van der Waals surface area (Å²) in [5.74, 6) is -6.73. The van der Waals surface area contributed by atoms with Gasteiger partial charge in [-0.25, -0.2) is 4.79 Å². The summed E-state index contributed by atoms with van der Waals surface area (Å²) in [5, 5.41) is 23.9. The smallest absolute Gasteiger partial charge is 0.329 e. The maximum absolute atomic E-state index is 14.5. The first-order valence-electron chi connectivity index (χ1n) is 22.8. The van der Waals surface area contributed by atoms with E-state index in [1.54, 1.807) is 27.2 Å². The first-order chi connectivity index (χ1) is 29.5. The lowest BCUT2D eigenvalue weighted by Gasteiger charge is -2.47. The van der Waals surface area contributed by atoms with Crippen molar-refractivity contribution in [1.82, 2.24) is 4.90 Å². The van der Waals surface area contributed by atoms with Crippen molar-refractivity contribution in [2.75, 3.05) is 27.9 Å². The van der Waals surface area contributed by atoms with Gasteiger partial charge in [0.25, 0.3) is 11.7 Å². The molecule has 14 nitrogen and oxygen atoms in total. The molecule has 2 bridgehead atoms. The van der Waals surface area contributed by atoms with Crippen molar-refractivity contribution < 1.29 is 62.2 Å². The number of aliphatic hydroxyl groups excluding tert-OH is 1. The number of piperidine rings is 1. The SMILES string of the molecule is CC[C@@H]1/C=C(\C)C[C@H](C)C[C@H](OC)[C@H]2O[C@@](O)(C(=O)C(=O)N3CCCC[C@H]3C(=O)O[C@H](/C(C)=C/[C@@H]3CC[C@@H](OCc4ccco4)[C@H](OC)C3)[C@H](C)[C@@H](O)CC1=O)[C@H](C)C[C@@H]2OC. The summed E-state index contributed by atoms with van der Waals surface area (Å²) in [6.07, 6.45) is 6.34. The molecule has 14 heteroatoms. The highest BCUT2D eigenvalue weighted by Crippen LogP contribution is 2.39. The van der Waals surface area contributed by atoms with E-state index in [0.29, 0.717) is 50.7 Å². The van der Waals surface area contributed by atoms with Gasteiger partial charge in [0.05, 0.1) is 36.8 Å². The molecular weight excluding hydrogens is 799 g/mol. The van der Waals surface area contributed by atoms with Crippen LogP contribution in [-0.4, -0.2) is 121 Å². The van der Waals surface area contributed by atoms with E-state index >= 15 is 0 Å². The van der Waals surface area contributed by atoms with Crippen molar-refractivity contribution in [3.05, 3.63) is 47.5 Å². The number of carbonyl (C=O) groups excluding carboxylic acids is 4. The van der Waals surface area contributed by atoms with Gasteiger partial charge in [-0.15, -0.1) is 0 Å². The highest BCUT2D eigenvalue weighted by atomic mass is 16.7. The first-order valence-corrected chi connectivity index (χ1v) is 22.8. The van der Waals surface area contributed by atoms with E-state index < -0.39 is 77.8 Å². The number of methoxy groups -OCH3 is 3. The number of rotatable bonds is 9. The predicted octanol–water partition coefficient (Wildman–Crippen LogP) is 6.29. The molecule has 0 spiro atoms. The van der Waals surface area contributed by atoms with E-state index in [4.69, 9.17) is 32.8 Å². The molecule has 3 fully saturated rings. The second-order valence-corrected chi connectivity index (χ2v) is 18.5. The minimum atomic E-state index is -2.50. The van der Waals surface area contributed by atoms with Gasteiger partial charge < -0.3 is 48.0 Å². The number of Topliss-reactive ketones (excluding diaryl/α,β-unsaturated/α-hetero) is 2. The van der Waals surface area contributed by atoms with Crippen molar-refractivity contribution in [2.24, 2.45) is 29.6 Å². The van der Waals surface area contributed by atoms with Gasteiger partial charge in [0.2, 0.25) is 5.79 Å². The Morgan fingerprint density at radius 1 is 0.935 bits per heavy atom. The average Bonchev–Trinajstić information content (AvgIpc) is 3.79. The van der Waals surface area contributed by atoms with Crippen molar-refractivity contribution in [3.8, 4) is 0 Å². The summed E-state index contributed by atoms with van der Waals surface area (Å²) in [7, 11) is 4.73. The number of cyclic esters (lactones) is 1. The summed E-state index contributed by atoms with van der Waals surface area (Å²) in [4.78, 5) is 58.2. The van der Waals surface area contributed by atoms with Crippen LogP contribution in [0.5, 0.6) is 0 Å². The number of allylic oxidation sites excluding steroid dienone is 3. The Hall–Kier alpha value is -3.24. The Morgan fingerprint density at radius 3 is 2.31 bits per heavy atom. The second-order valence-electron chi connectivity index (χ2n) is 18.5. The molecule has 14 atom stereocenters. The summed E-state index contributed by atoms with van der Waals surface area (Å²) in [6.45, 7) is 11.7. The number of hydrogen-bond acceptors (Lipinski definition) is 13. The fourth-order valence-corrected chi connectivity index (χ4v) is 10.1. The quantitative estimate of drug-likeness (QED) is 0.161. The zero-order valence-corrected chi connectivity index (χ0v) is 38.4. The molecule has 1 saturated carbocycles. The molecule has 62 heavy (non-hydrogen) atoms. The van der Waals surface area contributed by atoms with E-state index in [1.165, 1.54) is 19.1 Å². The molecule has 5 rings (SSSR count). The molecule has 0 radical (unpaired) electrons. The van der Waals surface area contributed by atoms with Crippen LogP contribution in [0.2, 0.25) is 0 Å². The van der Waals surface area contributed by atoms with Gasteiger partial charge in [0.1, 0.15) is 36.4 Å². The van der Waals surface area contributed by atoms with Gasteiger partial charge in [-0.05, 0) is 108 Å². The van der Waals surface area contributed by atoms with Gasteiger partial charge in [0, 0.05) is 52.0 Å². The number of amides is 1. The van der Waals surface area contributed by atoms with E-state index in [9.17, 15) is 29.4 Å². The van der Waals surface area contributed by atoms with Gasteiger partial charge in [0.15, 0.2) is 0 Å². The molecule has 2 saturated heterocycles. The van der Waals surface area contributed by atoms with Gasteiger partial charge >= 0.3 is 5.97 Å². The van der Waals surface area contributed by atoms with Crippen LogP contribution in [0.4, 0.5) is 0 Å². The molecule has 1 amide bonds. The third-order valence-electron chi connectivity index (χ3n) is 13.9. The number of aliphatic hydroxyl groups is 2. The Balaban J connectivity index is 1.48. The number of hydrogen-bond donors (Lipinski definition) is 2. The number of ether oxygens (including phenoxy) is 6. The molecule has 4 aliphatic rings. The number of fused-ring (bicyclic) bond motifs is 3. The zero-order chi connectivity index (χ0) is 45.3. The largest absolute Gasteiger partial charge is 0.467 e. The highest BCUT2D eigenvalue weighted by molar-refractivity contribution is 6.39. The Labute approximate surface area is 368 Å². The normalized spacial score (nSPS) is 38.7. The highest BCUT2D eigenvalue weighted by Gasteiger charge is 2.56. The topological polar surface area (TPSA) is 180 Å². The van der Waals surface area contributed by atoms with E-state index in [-0.39, 0.29) is 55.6 Å².